The maximum absolute atomic E-state index is 14.3. The number of hydrogen-bond donors (Lipinski definition) is 0. The highest BCUT2D eigenvalue weighted by atomic mass is 35.5. The van der Waals surface area contributed by atoms with Gasteiger partial charge in [-0.25, -0.2) is 9.37 Å². The van der Waals surface area contributed by atoms with E-state index in [1.165, 1.54) is 30.5 Å². The number of halogens is 2. The molecule has 0 aliphatic rings. The highest BCUT2D eigenvalue weighted by Gasteiger charge is 2.22. The normalized spacial score (nSPS) is 11.4. The molecule has 0 fully saturated rings. The molecular weight excluding hydrogens is 587 g/mol. The number of para-hydroxylation sites is 1. The fraction of sp³-hybridized carbons (Fsp3) is 0.182. The Morgan fingerprint density at radius 2 is 1.84 bits per heavy atom. The van der Waals surface area contributed by atoms with Crippen LogP contribution in [0.25, 0.3) is 22.3 Å². The molecule has 0 saturated heterocycles. The van der Waals surface area contributed by atoms with Crippen LogP contribution in [-0.2, 0) is 6.61 Å². The highest BCUT2D eigenvalue weighted by molar-refractivity contribution is 6.31. The number of hydrogen-bond acceptors (Lipinski definition) is 7. The third-order valence-corrected chi connectivity index (χ3v) is 7.31. The van der Waals surface area contributed by atoms with E-state index in [-0.39, 0.29) is 40.2 Å². The minimum absolute atomic E-state index is 0.0492. The van der Waals surface area contributed by atoms with Crippen LogP contribution in [0.15, 0.2) is 82.7 Å². The van der Waals surface area contributed by atoms with Crippen LogP contribution in [0.4, 0.5) is 10.1 Å². The number of benzene rings is 4. The summed E-state index contributed by atoms with van der Waals surface area (Å²) in [5.41, 5.74) is 2.27. The van der Waals surface area contributed by atoms with Crippen molar-refractivity contribution < 1.29 is 18.8 Å². The van der Waals surface area contributed by atoms with Gasteiger partial charge in [-0.2, -0.15) is 9.78 Å². The van der Waals surface area contributed by atoms with E-state index in [0.29, 0.717) is 22.2 Å². The SMILES string of the molecule is COc1cc(C)c(-c2nc3ccccc3c(=O)n2N=Cc2cc(Cl)cc([N+](=O)[O-])c2OCc2ccccc2F)cc1C(C)C. The number of nitro benzene ring substituents is 1. The van der Waals surface area contributed by atoms with Gasteiger partial charge in [0.25, 0.3) is 5.56 Å². The summed E-state index contributed by atoms with van der Waals surface area (Å²) >= 11 is 6.25. The summed E-state index contributed by atoms with van der Waals surface area (Å²) < 4.78 is 26.9. The first-order chi connectivity index (χ1) is 21.1. The van der Waals surface area contributed by atoms with Gasteiger partial charge in [0, 0.05) is 27.8 Å². The van der Waals surface area contributed by atoms with Gasteiger partial charge in [-0.05, 0) is 60.4 Å². The van der Waals surface area contributed by atoms with E-state index >= 15 is 0 Å². The van der Waals surface area contributed by atoms with Gasteiger partial charge >= 0.3 is 5.69 Å². The van der Waals surface area contributed by atoms with Gasteiger partial charge in [-0.3, -0.25) is 14.9 Å². The van der Waals surface area contributed by atoms with E-state index < -0.39 is 22.0 Å². The highest BCUT2D eigenvalue weighted by Crippen LogP contribution is 2.36. The summed E-state index contributed by atoms with van der Waals surface area (Å²) in [5.74, 6) is 0.375. The van der Waals surface area contributed by atoms with E-state index in [0.717, 1.165) is 21.9 Å². The lowest BCUT2D eigenvalue weighted by atomic mass is 9.96. The average Bonchev–Trinajstić information content (AvgIpc) is 3.00. The number of nitro groups is 1. The van der Waals surface area contributed by atoms with E-state index in [4.69, 9.17) is 26.1 Å². The van der Waals surface area contributed by atoms with Crippen LogP contribution < -0.4 is 15.0 Å². The van der Waals surface area contributed by atoms with Crippen LogP contribution in [0.1, 0.15) is 42.0 Å². The molecule has 5 rings (SSSR count). The molecule has 224 valence electrons. The van der Waals surface area contributed by atoms with E-state index in [1.807, 2.05) is 32.9 Å². The lowest BCUT2D eigenvalue weighted by Crippen LogP contribution is -2.21. The van der Waals surface area contributed by atoms with Crippen molar-refractivity contribution in [1.29, 1.82) is 0 Å². The lowest BCUT2D eigenvalue weighted by molar-refractivity contribution is -0.385. The summed E-state index contributed by atoms with van der Waals surface area (Å²) in [7, 11) is 1.60. The van der Waals surface area contributed by atoms with Crippen molar-refractivity contribution in [3.8, 4) is 22.9 Å². The molecule has 0 radical (unpaired) electrons. The molecular formula is C33H28ClFN4O5. The topological polar surface area (TPSA) is 109 Å². The lowest BCUT2D eigenvalue weighted by Gasteiger charge is -2.17. The van der Waals surface area contributed by atoms with Crippen molar-refractivity contribution >= 4 is 34.4 Å². The van der Waals surface area contributed by atoms with Crippen LogP contribution in [0.3, 0.4) is 0 Å². The molecule has 11 heteroatoms. The van der Waals surface area contributed by atoms with Crippen molar-refractivity contribution in [1.82, 2.24) is 9.66 Å². The second-order valence-corrected chi connectivity index (χ2v) is 10.8. The molecule has 0 bridgehead atoms. The maximum atomic E-state index is 14.3. The first-order valence-corrected chi connectivity index (χ1v) is 14.1. The van der Waals surface area contributed by atoms with Crippen LogP contribution >= 0.6 is 11.6 Å². The fourth-order valence-electron chi connectivity index (χ4n) is 4.85. The zero-order valence-corrected chi connectivity index (χ0v) is 25.1. The molecule has 0 saturated carbocycles. The molecule has 4 aromatic carbocycles. The maximum Gasteiger partial charge on any atom is 0.313 e. The molecule has 44 heavy (non-hydrogen) atoms. The molecule has 1 aromatic heterocycles. The predicted molar refractivity (Wildman–Crippen MR) is 169 cm³/mol. The van der Waals surface area contributed by atoms with Crippen molar-refractivity contribution in [3.63, 3.8) is 0 Å². The Balaban J connectivity index is 1.71. The van der Waals surface area contributed by atoms with Crippen LogP contribution in [0.5, 0.6) is 11.5 Å². The van der Waals surface area contributed by atoms with Gasteiger partial charge < -0.3 is 9.47 Å². The number of fused-ring (bicyclic) bond motifs is 1. The Kier molecular flexibility index (Phi) is 8.73. The third kappa shape index (κ3) is 6.02. The van der Waals surface area contributed by atoms with E-state index in [2.05, 4.69) is 5.10 Å². The molecule has 0 atom stereocenters. The molecule has 0 N–H and O–H groups in total. The van der Waals surface area contributed by atoms with Gasteiger partial charge in [0.15, 0.2) is 5.82 Å². The second-order valence-electron chi connectivity index (χ2n) is 10.4. The standard InChI is InChI=1S/C33H28ClFN4O5/c1-19(2)25-16-26(20(3)13-30(25)43-4)32-37-28-12-8-6-10-24(28)33(40)38(32)36-17-22-14-23(34)15-29(39(41)42)31(22)44-18-21-9-5-7-11-27(21)35/h5-17,19H,18H2,1-4H3. The molecule has 0 aliphatic carbocycles. The number of aryl methyl sites for hydroxylation is 1. The number of rotatable bonds is 9. The van der Waals surface area contributed by atoms with Crippen molar-refractivity contribution in [2.24, 2.45) is 5.10 Å². The number of nitrogens with zero attached hydrogens (tertiary/aromatic N) is 4. The number of aromatic nitrogens is 2. The fourth-order valence-corrected chi connectivity index (χ4v) is 5.07. The molecule has 0 aliphatic heterocycles. The zero-order valence-electron chi connectivity index (χ0n) is 24.4. The second kappa shape index (κ2) is 12.6. The summed E-state index contributed by atoms with van der Waals surface area (Å²) in [6.07, 6.45) is 1.25. The van der Waals surface area contributed by atoms with Crippen LogP contribution in [0, 0.1) is 22.9 Å². The smallest absolute Gasteiger partial charge is 0.313 e. The molecule has 0 unspecified atom stereocenters. The van der Waals surface area contributed by atoms with Crippen molar-refractivity contribution in [2.75, 3.05) is 7.11 Å². The summed E-state index contributed by atoms with van der Waals surface area (Å²) in [4.78, 5) is 30.0. The van der Waals surface area contributed by atoms with Crippen molar-refractivity contribution in [2.45, 2.75) is 33.3 Å². The molecule has 5 aromatic rings. The number of methoxy groups -OCH3 is 1. The first-order valence-electron chi connectivity index (χ1n) is 13.7. The largest absolute Gasteiger partial charge is 0.496 e. The van der Waals surface area contributed by atoms with Gasteiger partial charge in [0.05, 0.1) is 29.2 Å². The Morgan fingerprint density at radius 1 is 1.11 bits per heavy atom. The summed E-state index contributed by atoms with van der Waals surface area (Å²) in [6, 6.07) is 19.2. The quantitative estimate of drug-likeness (QED) is 0.0957. The van der Waals surface area contributed by atoms with Gasteiger partial charge in [0.1, 0.15) is 18.2 Å². The van der Waals surface area contributed by atoms with Crippen molar-refractivity contribution in [3.05, 3.63) is 126 Å². The van der Waals surface area contributed by atoms with Crippen LogP contribution in [0.2, 0.25) is 5.02 Å². The van der Waals surface area contributed by atoms with E-state index in [1.54, 1.807) is 37.4 Å². The Morgan fingerprint density at radius 3 is 2.55 bits per heavy atom. The molecule has 9 nitrogen and oxygen atoms in total. The van der Waals surface area contributed by atoms with E-state index in [9.17, 15) is 19.3 Å². The van der Waals surface area contributed by atoms with Gasteiger partial charge in [0.2, 0.25) is 5.75 Å². The van der Waals surface area contributed by atoms with Gasteiger partial charge in [-0.15, -0.1) is 0 Å². The summed E-state index contributed by atoms with van der Waals surface area (Å²) in [5, 5.41) is 16.8. The third-order valence-electron chi connectivity index (χ3n) is 7.10. The number of ether oxygens (including phenoxy) is 2. The Bertz CT molecular complexity index is 1990. The Labute approximate surface area is 257 Å². The van der Waals surface area contributed by atoms with Crippen LogP contribution in [-0.4, -0.2) is 27.9 Å². The minimum Gasteiger partial charge on any atom is -0.496 e. The molecule has 1 heterocycles. The summed E-state index contributed by atoms with van der Waals surface area (Å²) in [6.45, 7) is 5.66. The zero-order chi connectivity index (χ0) is 31.5. The monoisotopic (exact) mass is 614 g/mol. The predicted octanol–water partition coefficient (Wildman–Crippen LogP) is 7.67. The molecule has 0 spiro atoms. The average molecular weight is 615 g/mol. The minimum atomic E-state index is -0.650. The Hall–Kier alpha value is -5.09. The molecule has 0 amide bonds. The first kappa shape index (κ1) is 30.4. The van der Waals surface area contributed by atoms with Gasteiger partial charge in [-0.1, -0.05) is 55.8 Å².